The molecule has 0 saturated heterocycles. The summed E-state index contributed by atoms with van der Waals surface area (Å²) in [4.78, 5) is 14.6. The zero-order valence-corrected chi connectivity index (χ0v) is 12.4. The van der Waals surface area contributed by atoms with Gasteiger partial charge in [0, 0.05) is 19.1 Å². The molecular formula is C13H23N5O2. The molecule has 1 aliphatic rings. The van der Waals surface area contributed by atoms with Crippen molar-refractivity contribution >= 4 is 5.95 Å². The van der Waals surface area contributed by atoms with E-state index in [1.165, 1.54) is 39.9 Å². The molecule has 1 aliphatic carbocycles. The SMILES string of the molecule is COc1nc(NCCN(C)C2CCCC2)nc(OC)n1. The Balaban J connectivity index is 1.83. The van der Waals surface area contributed by atoms with Gasteiger partial charge >= 0.3 is 12.0 Å². The number of rotatable bonds is 7. The number of ether oxygens (including phenoxy) is 2. The zero-order chi connectivity index (χ0) is 14.4. The van der Waals surface area contributed by atoms with Crippen LogP contribution in [0.15, 0.2) is 0 Å². The van der Waals surface area contributed by atoms with Crippen LogP contribution in [0.5, 0.6) is 12.0 Å². The molecule has 112 valence electrons. The van der Waals surface area contributed by atoms with E-state index in [1.807, 2.05) is 0 Å². The van der Waals surface area contributed by atoms with E-state index in [4.69, 9.17) is 9.47 Å². The van der Waals surface area contributed by atoms with Crippen molar-refractivity contribution in [2.24, 2.45) is 0 Å². The van der Waals surface area contributed by atoms with Crippen LogP contribution in [0, 0.1) is 0 Å². The fourth-order valence-corrected chi connectivity index (χ4v) is 2.47. The van der Waals surface area contributed by atoms with Crippen molar-refractivity contribution < 1.29 is 9.47 Å². The maximum Gasteiger partial charge on any atom is 0.324 e. The van der Waals surface area contributed by atoms with E-state index in [9.17, 15) is 0 Å². The van der Waals surface area contributed by atoms with Crippen molar-refractivity contribution in [3.05, 3.63) is 0 Å². The van der Waals surface area contributed by atoms with Gasteiger partial charge in [-0.3, -0.25) is 0 Å². The van der Waals surface area contributed by atoms with Crippen molar-refractivity contribution in [3.8, 4) is 12.0 Å². The van der Waals surface area contributed by atoms with Gasteiger partial charge in [0.2, 0.25) is 5.95 Å². The first kappa shape index (κ1) is 14.8. The van der Waals surface area contributed by atoms with Crippen LogP contribution in [0.3, 0.4) is 0 Å². The van der Waals surface area contributed by atoms with E-state index < -0.39 is 0 Å². The Kier molecular flexibility index (Phi) is 5.34. The lowest BCUT2D eigenvalue weighted by Crippen LogP contribution is -2.33. The molecule has 0 aliphatic heterocycles. The number of hydrogen-bond donors (Lipinski definition) is 1. The maximum atomic E-state index is 5.01. The molecule has 1 fully saturated rings. The second kappa shape index (κ2) is 7.23. The number of hydrogen-bond acceptors (Lipinski definition) is 7. The monoisotopic (exact) mass is 281 g/mol. The van der Waals surface area contributed by atoms with Crippen molar-refractivity contribution in [3.63, 3.8) is 0 Å². The second-order valence-electron chi connectivity index (χ2n) is 4.98. The van der Waals surface area contributed by atoms with E-state index in [0.717, 1.165) is 19.1 Å². The van der Waals surface area contributed by atoms with Gasteiger partial charge in [0.1, 0.15) is 0 Å². The van der Waals surface area contributed by atoms with E-state index in [1.54, 1.807) is 0 Å². The molecule has 0 radical (unpaired) electrons. The zero-order valence-electron chi connectivity index (χ0n) is 12.4. The van der Waals surface area contributed by atoms with Crippen LogP contribution in [0.2, 0.25) is 0 Å². The van der Waals surface area contributed by atoms with Gasteiger partial charge in [-0.1, -0.05) is 12.8 Å². The molecule has 0 amide bonds. The van der Waals surface area contributed by atoms with Crippen molar-refractivity contribution in [2.45, 2.75) is 31.7 Å². The highest BCUT2D eigenvalue weighted by molar-refractivity contribution is 5.27. The highest BCUT2D eigenvalue weighted by Crippen LogP contribution is 2.22. The lowest BCUT2D eigenvalue weighted by Gasteiger charge is -2.23. The molecule has 0 atom stereocenters. The highest BCUT2D eigenvalue weighted by Gasteiger charge is 2.18. The average molecular weight is 281 g/mol. The minimum absolute atomic E-state index is 0.253. The second-order valence-corrected chi connectivity index (χ2v) is 4.98. The van der Waals surface area contributed by atoms with Gasteiger partial charge in [-0.2, -0.15) is 9.97 Å². The van der Waals surface area contributed by atoms with Gasteiger partial charge in [0.25, 0.3) is 0 Å². The smallest absolute Gasteiger partial charge is 0.324 e. The summed E-state index contributed by atoms with van der Waals surface area (Å²) in [6.07, 6.45) is 5.32. The molecule has 1 heterocycles. The van der Waals surface area contributed by atoms with Gasteiger partial charge in [0.05, 0.1) is 14.2 Å². The van der Waals surface area contributed by atoms with E-state index >= 15 is 0 Å². The van der Waals surface area contributed by atoms with E-state index in [0.29, 0.717) is 5.95 Å². The molecule has 20 heavy (non-hydrogen) atoms. The van der Waals surface area contributed by atoms with Crippen LogP contribution in [0.25, 0.3) is 0 Å². The largest absolute Gasteiger partial charge is 0.467 e. The molecule has 7 heteroatoms. The molecule has 1 aromatic heterocycles. The first-order valence-corrected chi connectivity index (χ1v) is 7.01. The summed E-state index contributed by atoms with van der Waals surface area (Å²) >= 11 is 0. The molecule has 0 bridgehead atoms. The van der Waals surface area contributed by atoms with Crippen molar-refractivity contribution in [2.75, 3.05) is 39.7 Å². The summed E-state index contributed by atoms with van der Waals surface area (Å²) in [5.41, 5.74) is 0. The van der Waals surface area contributed by atoms with Crippen LogP contribution >= 0.6 is 0 Å². The number of likely N-dealkylation sites (N-methyl/N-ethyl adjacent to an activating group) is 1. The molecule has 0 aromatic carbocycles. The molecular weight excluding hydrogens is 258 g/mol. The molecule has 7 nitrogen and oxygen atoms in total. The van der Waals surface area contributed by atoms with Crippen LogP contribution < -0.4 is 14.8 Å². The molecule has 1 N–H and O–H groups in total. The van der Waals surface area contributed by atoms with Crippen LogP contribution in [-0.2, 0) is 0 Å². The predicted molar refractivity (Wildman–Crippen MR) is 76.3 cm³/mol. The van der Waals surface area contributed by atoms with Crippen LogP contribution in [-0.4, -0.2) is 60.3 Å². The first-order chi connectivity index (χ1) is 9.72. The normalized spacial score (nSPS) is 15.6. The van der Waals surface area contributed by atoms with E-state index in [2.05, 4.69) is 32.2 Å². The summed E-state index contributed by atoms with van der Waals surface area (Å²) in [5, 5.41) is 3.18. The Bertz CT molecular complexity index is 401. The third-order valence-corrected chi connectivity index (χ3v) is 3.66. The Morgan fingerprint density at radius 1 is 1.10 bits per heavy atom. The molecule has 1 saturated carbocycles. The predicted octanol–water partition coefficient (Wildman–Crippen LogP) is 1.18. The topological polar surface area (TPSA) is 72.4 Å². The number of nitrogens with one attached hydrogen (secondary N) is 1. The Morgan fingerprint density at radius 2 is 1.70 bits per heavy atom. The third kappa shape index (κ3) is 3.93. The lowest BCUT2D eigenvalue weighted by molar-refractivity contribution is 0.254. The highest BCUT2D eigenvalue weighted by atomic mass is 16.5. The Hall–Kier alpha value is -1.63. The molecule has 2 rings (SSSR count). The lowest BCUT2D eigenvalue weighted by atomic mass is 10.2. The maximum absolute atomic E-state index is 5.01. The first-order valence-electron chi connectivity index (χ1n) is 7.01. The minimum Gasteiger partial charge on any atom is -0.467 e. The fraction of sp³-hybridized carbons (Fsp3) is 0.769. The summed E-state index contributed by atoms with van der Waals surface area (Å²) in [5.74, 6) is 0.480. The summed E-state index contributed by atoms with van der Waals surface area (Å²) < 4.78 is 10.0. The Labute approximate surface area is 119 Å². The summed E-state index contributed by atoms with van der Waals surface area (Å²) in [6, 6.07) is 1.23. The van der Waals surface area contributed by atoms with Gasteiger partial charge in [0.15, 0.2) is 0 Å². The van der Waals surface area contributed by atoms with Gasteiger partial charge < -0.3 is 19.7 Å². The van der Waals surface area contributed by atoms with Crippen LogP contribution in [0.4, 0.5) is 5.95 Å². The number of anilines is 1. The molecule has 0 unspecified atom stereocenters. The van der Waals surface area contributed by atoms with Gasteiger partial charge in [-0.05, 0) is 19.9 Å². The summed E-state index contributed by atoms with van der Waals surface area (Å²) in [7, 11) is 5.21. The standard InChI is InChI=1S/C13H23N5O2/c1-18(10-6-4-5-7-10)9-8-14-11-15-12(19-2)17-13(16-11)20-3/h10H,4-9H2,1-3H3,(H,14,15,16,17). The number of methoxy groups -OCH3 is 2. The van der Waals surface area contributed by atoms with Crippen LogP contribution in [0.1, 0.15) is 25.7 Å². The number of nitrogens with zero attached hydrogens (tertiary/aromatic N) is 4. The van der Waals surface area contributed by atoms with Crippen molar-refractivity contribution in [1.29, 1.82) is 0 Å². The van der Waals surface area contributed by atoms with Gasteiger partial charge in [-0.25, -0.2) is 0 Å². The third-order valence-electron chi connectivity index (χ3n) is 3.66. The minimum atomic E-state index is 0.253. The number of aromatic nitrogens is 3. The quantitative estimate of drug-likeness (QED) is 0.804. The summed E-state index contributed by atoms with van der Waals surface area (Å²) in [6.45, 7) is 1.74. The fourth-order valence-electron chi connectivity index (χ4n) is 2.47. The van der Waals surface area contributed by atoms with Gasteiger partial charge in [-0.15, -0.1) is 4.98 Å². The average Bonchev–Trinajstić information content (AvgIpc) is 3.01. The van der Waals surface area contributed by atoms with E-state index in [-0.39, 0.29) is 12.0 Å². The van der Waals surface area contributed by atoms with Crippen molar-refractivity contribution in [1.82, 2.24) is 19.9 Å². The molecule has 0 spiro atoms. The molecule has 1 aromatic rings. The Morgan fingerprint density at radius 3 is 2.25 bits per heavy atom.